The number of benzene rings is 4. The zero-order valence-corrected chi connectivity index (χ0v) is 24.0. The van der Waals surface area contributed by atoms with Gasteiger partial charge in [-0.3, -0.25) is 9.69 Å². The molecule has 0 spiro atoms. The van der Waals surface area contributed by atoms with Gasteiger partial charge in [0.2, 0.25) is 0 Å². The molecular weight excluding hydrogens is 498 g/mol. The minimum absolute atomic E-state index is 0.0681. The summed E-state index contributed by atoms with van der Waals surface area (Å²) in [6.45, 7) is 7.48. The molecule has 5 heteroatoms. The predicted molar refractivity (Wildman–Crippen MR) is 159 cm³/mol. The number of hydrogen-bond donors (Lipinski definition) is 0. The maximum atomic E-state index is 14.0. The van der Waals surface area contributed by atoms with Gasteiger partial charge >= 0.3 is 5.97 Å². The third-order valence-electron chi connectivity index (χ3n) is 7.28. The van der Waals surface area contributed by atoms with Gasteiger partial charge in [0.1, 0.15) is 12.6 Å². The monoisotopic (exact) mass is 535 g/mol. The number of carbonyl (C=O) groups is 1. The highest BCUT2D eigenvalue weighted by atomic mass is 28.4. The van der Waals surface area contributed by atoms with E-state index in [1.807, 2.05) is 48.5 Å². The van der Waals surface area contributed by atoms with Crippen molar-refractivity contribution in [2.24, 2.45) is 0 Å². The summed E-state index contributed by atoms with van der Waals surface area (Å²) in [4.78, 5) is 16.3. The molecule has 2 atom stereocenters. The van der Waals surface area contributed by atoms with Gasteiger partial charge in [0.05, 0.1) is 11.6 Å². The molecule has 39 heavy (non-hydrogen) atoms. The summed E-state index contributed by atoms with van der Waals surface area (Å²) in [5.41, 5.74) is 3.59. The molecule has 4 aromatic rings. The minimum Gasteiger partial charge on any atom is -0.460 e. The van der Waals surface area contributed by atoms with E-state index in [2.05, 4.69) is 97.3 Å². The average molecular weight is 536 g/mol. The van der Waals surface area contributed by atoms with Gasteiger partial charge in [-0.2, -0.15) is 0 Å². The van der Waals surface area contributed by atoms with Crippen molar-refractivity contribution in [1.29, 1.82) is 0 Å². The van der Waals surface area contributed by atoms with Gasteiger partial charge in [-0.25, -0.2) is 0 Å². The van der Waals surface area contributed by atoms with E-state index in [1.165, 1.54) is 0 Å². The molecule has 0 aromatic heterocycles. The molecule has 1 saturated heterocycles. The van der Waals surface area contributed by atoms with Gasteiger partial charge in [-0.1, -0.05) is 121 Å². The summed E-state index contributed by atoms with van der Waals surface area (Å²) in [6.07, 6.45) is 0.521. The van der Waals surface area contributed by atoms with Gasteiger partial charge < -0.3 is 9.16 Å². The second kappa shape index (κ2) is 11.7. The molecule has 0 aliphatic carbocycles. The molecule has 1 heterocycles. The third-order valence-corrected chi connectivity index (χ3v) is 8.32. The second-order valence-electron chi connectivity index (χ2n) is 11.2. The lowest BCUT2D eigenvalue weighted by atomic mass is 9.75. The molecule has 0 N–H and O–H groups in total. The van der Waals surface area contributed by atoms with E-state index >= 15 is 0 Å². The molecule has 0 radical (unpaired) electrons. The molecule has 0 unspecified atom stereocenters. The van der Waals surface area contributed by atoms with Crippen LogP contribution in [0.1, 0.15) is 28.7 Å². The number of likely N-dealkylation sites (tertiary alicyclic amines) is 1. The van der Waals surface area contributed by atoms with Crippen LogP contribution in [0.25, 0.3) is 0 Å². The SMILES string of the molecule is C[Si](C)(C)O[C@@H]1C[C@@H](C(=O)OCc2ccccc2)N(C(c2ccccc2)(c2ccccc2)c2ccccc2)C1. The number of hydrogen-bond acceptors (Lipinski definition) is 4. The Hall–Kier alpha value is -3.51. The molecule has 0 saturated carbocycles. The highest BCUT2D eigenvalue weighted by Crippen LogP contribution is 2.46. The number of carbonyl (C=O) groups excluding carboxylic acids is 1. The third kappa shape index (κ3) is 5.91. The maximum Gasteiger partial charge on any atom is 0.323 e. The van der Waals surface area contributed by atoms with Crippen molar-refractivity contribution in [3.05, 3.63) is 144 Å². The summed E-state index contributed by atoms with van der Waals surface area (Å²) < 4.78 is 12.7. The average Bonchev–Trinajstić information content (AvgIpc) is 3.37. The van der Waals surface area contributed by atoms with Gasteiger partial charge in [-0.05, 0) is 48.3 Å². The molecule has 4 aromatic carbocycles. The largest absolute Gasteiger partial charge is 0.460 e. The van der Waals surface area contributed by atoms with Crippen molar-refractivity contribution in [2.75, 3.05) is 6.54 Å². The van der Waals surface area contributed by atoms with E-state index < -0.39 is 19.9 Å². The van der Waals surface area contributed by atoms with Gasteiger partial charge in [0, 0.05) is 6.54 Å². The van der Waals surface area contributed by atoms with Crippen LogP contribution in [-0.2, 0) is 26.1 Å². The van der Waals surface area contributed by atoms with E-state index in [-0.39, 0.29) is 18.7 Å². The first-order chi connectivity index (χ1) is 18.9. The van der Waals surface area contributed by atoms with Crippen LogP contribution < -0.4 is 0 Å². The Balaban J connectivity index is 1.65. The zero-order chi connectivity index (χ0) is 27.3. The summed E-state index contributed by atoms with van der Waals surface area (Å²) in [5, 5.41) is 0. The molecule has 5 rings (SSSR count). The Morgan fingerprint density at radius 2 is 1.18 bits per heavy atom. The molecular formula is C34H37NO3Si. The van der Waals surface area contributed by atoms with Crippen molar-refractivity contribution < 1.29 is 14.0 Å². The Morgan fingerprint density at radius 3 is 1.62 bits per heavy atom. The molecule has 0 amide bonds. The van der Waals surface area contributed by atoms with Crippen LogP contribution >= 0.6 is 0 Å². The van der Waals surface area contributed by atoms with E-state index in [4.69, 9.17) is 9.16 Å². The van der Waals surface area contributed by atoms with E-state index in [9.17, 15) is 4.79 Å². The van der Waals surface area contributed by atoms with Crippen molar-refractivity contribution in [3.63, 3.8) is 0 Å². The lowest BCUT2D eigenvalue weighted by molar-refractivity contribution is -0.151. The normalized spacial score (nSPS) is 18.1. The van der Waals surface area contributed by atoms with Crippen LogP contribution in [0.15, 0.2) is 121 Å². The second-order valence-corrected chi connectivity index (χ2v) is 15.6. The molecule has 200 valence electrons. The van der Waals surface area contributed by atoms with E-state index in [1.54, 1.807) is 0 Å². The first-order valence-electron chi connectivity index (χ1n) is 13.7. The Bertz CT molecular complexity index is 1240. The predicted octanol–water partition coefficient (Wildman–Crippen LogP) is 7.02. The van der Waals surface area contributed by atoms with Crippen molar-refractivity contribution in [2.45, 2.75) is 50.4 Å². The van der Waals surface area contributed by atoms with Crippen molar-refractivity contribution in [1.82, 2.24) is 4.90 Å². The lowest BCUT2D eigenvalue weighted by Crippen LogP contribution is -2.53. The van der Waals surface area contributed by atoms with Crippen molar-refractivity contribution >= 4 is 14.3 Å². The fourth-order valence-corrected chi connectivity index (χ4v) is 7.01. The van der Waals surface area contributed by atoms with Crippen LogP contribution in [0, 0.1) is 0 Å². The summed E-state index contributed by atoms with van der Waals surface area (Å²) in [6, 6.07) is 41.0. The number of ether oxygens (including phenoxy) is 1. The van der Waals surface area contributed by atoms with Crippen LogP contribution in [0.5, 0.6) is 0 Å². The van der Waals surface area contributed by atoms with Gasteiger partial charge in [0.25, 0.3) is 0 Å². The number of nitrogens with zero attached hydrogens (tertiary/aromatic N) is 1. The van der Waals surface area contributed by atoms with Crippen molar-refractivity contribution in [3.8, 4) is 0 Å². The summed E-state index contributed by atoms with van der Waals surface area (Å²) in [7, 11) is -1.86. The van der Waals surface area contributed by atoms with Crippen LogP contribution in [0.2, 0.25) is 19.6 Å². The highest BCUT2D eigenvalue weighted by molar-refractivity contribution is 6.69. The number of rotatable bonds is 9. The Kier molecular flexibility index (Phi) is 8.12. The van der Waals surface area contributed by atoms with Crippen LogP contribution in [0.3, 0.4) is 0 Å². The molecule has 1 fully saturated rings. The number of esters is 1. The lowest BCUT2D eigenvalue weighted by Gasteiger charge is -2.46. The Morgan fingerprint density at radius 1 is 0.744 bits per heavy atom. The van der Waals surface area contributed by atoms with Crippen LogP contribution in [-0.4, -0.2) is 37.9 Å². The molecule has 4 nitrogen and oxygen atoms in total. The molecule has 1 aliphatic heterocycles. The minimum atomic E-state index is -1.86. The van der Waals surface area contributed by atoms with Crippen LogP contribution in [0.4, 0.5) is 0 Å². The highest BCUT2D eigenvalue weighted by Gasteiger charge is 2.52. The van der Waals surface area contributed by atoms with E-state index in [0.29, 0.717) is 13.0 Å². The summed E-state index contributed by atoms with van der Waals surface area (Å²) in [5.74, 6) is -0.215. The first-order valence-corrected chi connectivity index (χ1v) is 17.1. The Labute approximate surface area is 233 Å². The molecule has 1 aliphatic rings. The standard InChI is InChI=1S/C34H37NO3Si/c1-39(2,3)38-31-24-32(33(36)37-26-27-16-8-4-9-17-27)35(25-31)34(28-18-10-5-11-19-28,29-20-12-6-13-21-29)30-22-14-7-15-23-30/h4-23,31-32H,24-26H2,1-3H3/t31-,32+/m1/s1. The van der Waals surface area contributed by atoms with Gasteiger partial charge in [-0.15, -0.1) is 0 Å². The zero-order valence-electron chi connectivity index (χ0n) is 23.0. The molecule has 0 bridgehead atoms. The van der Waals surface area contributed by atoms with E-state index in [0.717, 1.165) is 22.3 Å². The fourth-order valence-electron chi connectivity index (χ4n) is 5.84. The summed E-state index contributed by atoms with van der Waals surface area (Å²) >= 11 is 0. The fraction of sp³-hybridized carbons (Fsp3) is 0.265. The first kappa shape index (κ1) is 27.1. The maximum absolute atomic E-state index is 14.0. The topological polar surface area (TPSA) is 38.8 Å². The quantitative estimate of drug-likeness (QED) is 0.131. The smallest absolute Gasteiger partial charge is 0.323 e. The van der Waals surface area contributed by atoms with Gasteiger partial charge in [0.15, 0.2) is 8.32 Å².